The standard InChI is InChI=1S/C27H34FN3O5/c1-34-24-10-5-18(12-25(24)35-2)15-31-16-19(26(32)29-14-23-4-3-11-36-23)13-20(17-31)27(33)30-22-8-6-21(28)7-9-22/h5-10,12,19-20,23H,3-4,11,13-17H2,1-2H3,(H,29,32)(H,30,33)/t19-,20+,23?/m0/s1. The van der Waals surface area contributed by atoms with E-state index in [1.807, 2.05) is 18.2 Å². The summed E-state index contributed by atoms with van der Waals surface area (Å²) < 4.78 is 29.7. The number of likely N-dealkylation sites (tertiary alicyclic amines) is 1. The zero-order valence-corrected chi connectivity index (χ0v) is 20.8. The number of methoxy groups -OCH3 is 2. The molecule has 0 aliphatic carbocycles. The van der Waals surface area contributed by atoms with Gasteiger partial charge in [0, 0.05) is 38.5 Å². The summed E-state index contributed by atoms with van der Waals surface area (Å²) in [5.74, 6) is -0.0922. The van der Waals surface area contributed by atoms with Gasteiger partial charge in [-0.2, -0.15) is 0 Å². The van der Waals surface area contributed by atoms with Gasteiger partial charge in [0.05, 0.1) is 32.2 Å². The van der Waals surface area contributed by atoms with Crippen LogP contribution in [0.15, 0.2) is 42.5 Å². The van der Waals surface area contributed by atoms with E-state index in [1.165, 1.54) is 24.3 Å². The number of halogens is 1. The smallest absolute Gasteiger partial charge is 0.228 e. The lowest BCUT2D eigenvalue weighted by molar-refractivity contribution is -0.130. The topological polar surface area (TPSA) is 89.1 Å². The van der Waals surface area contributed by atoms with Crippen molar-refractivity contribution in [3.05, 3.63) is 53.8 Å². The number of hydrogen-bond donors (Lipinski definition) is 2. The molecular formula is C27H34FN3O5. The second-order valence-corrected chi connectivity index (χ2v) is 9.39. The van der Waals surface area contributed by atoms with E-state index in [9.17, 15) is 14.0 Å². The lowest BCUT2D eigenvalue weighted by Gasteiger charge is -2.36. The van der Waals surface area contributed by atoms with E-state index in [0.29, 0.717) is 49.8 Å². The summed E-state index contributed by atoms with van der Waals surface area (Å²) in [6.45, 7) is 2.80. The predicted molar refractivity (Wildman–Crippen MR) is 133 cm³/mol. The third-order valence-corrected chi connectivity index (χ3v) is 6.76. The number of rotatable bonds is 9. The van der Waals surface area contributed by atoms with E-state index in [4.69, 9.17) is 14.2 Å². The van der Waals surface area contributed by atoms with Gasteiger partial charge in [-0.15, -0.1) is 0 Å². The maximum Gasteiger partial charge on any atom is 0.228 e. The van der Waals surface area contributed by atoms with Crippen molar-refractivity contribution in [1.29, 1.82) is 0 Å². The number of piperidine rings is 1. The van der Waals surface area contributed by atoms with Crippen molar-refractivity contribution in [3.63, 3.8) is 0 Å². The predicted octanol–water partition coefficient (Wildman–Crippen LogP) is 3.21. The highest BCUT2D eigenvalue weighted by Gasteiger charge is 2.35. The molecule has 2 N–H and O–H groups in total. The Bertz CT molecular complexity index is 1040. The van der Waals surface area contributed by atoms with Crippen molar-refractivity contribution >= 4 is 17.5 Å². The number of nitrogens with zero attached hydrogens (tertiary/aromatic N) is 1. The van der Waals surface area contributed by atoms with E-state index in [0.717, 1.165) is 25.0 Å². The van der Waals surface area contributed by atoms with Gasteiger partial charge < -0.3 is 24.8 Å². The molecule has 194 valence electrons. The van der Waals surface area contributed by atoms with Gasteiger partial charge in [0.15, 0.2) is 11.5 Å². The summed E-state index contributed by atoms with van der Waals surface area (Å²) in [4.78, 5) is 28.4. The lowest BCUT2D eigenvalue weighted by Crippen LogP contribution is -2.49. The van der Waals surface area contributed by atoms with Gasteiger partial charge in [-0.1, -0.05) is 6.07 Å². The molecule has 0 saturated carbocycles. The highest BCUT2D eigenvalue weighted by atomic mass is 19.1. The quantitative estimate of drug-likeness (QED) is 0.551. The molecule has 2 amide bonds. The van der Waals surface area contributed by atoms with E-state index in [1.54, 1.807) is 14.2 Å². The van der Waals surface area contributed by atoms with Crippen molar-refractivity contribution in [2.45, 2.75) is 31.9 Å². The Hall–Kier alpha value is -3.17. The van der Waals surface area contributed by atoms with E-state index in [-0.39, 0.29) is 29.7 Å². The van der Waals surface area contributed by atoms with Gasteiger partial charge >= 0.3 is 0 Å². The SMILES string of the molecule is COc1ccc(CN2C[C@@H](C(=O)NCC3CCCO3)C[C@@H](C(=O)Nc3ccc(F)cc3)C2)cc1OC. The third-order valence-electron chi connectivity index (χ3n) is 6.76. The average molecular weight is 500 g/mol. The molecule has 2 aromatic rings. The van der Waals surface area contributed by atoms with Crippen LogP contribution in [-0.4, -0.2) is 63.3 Å². The number of carbonyl (C=O) groups excluding carboxylic acids is 2. The third kappa shape index (κ3) is 6.73. The first-order chi connectivity index (χ1) is 17.4. The fourth-order valence-electron chi connectivity index (χ4n) is 4.88. The summed E-state index contributed by atoms with van der Waals surface area (Å²) >= 11 is 0. The fourth-order valence-corrected chi connectivity index (χ4v) is 4.88. The Balaban J connectivity index is 1.46. The molecule has 2 aliphatic rings. The van der Waals surface area contributed by atoms with Crippen molar-refractivity contribution in [2.75, 3.05) is 45.8 Å². The highest BCUT2D eigenvalue weighted by Crippen LogP contribution is 2.30. The molecule has 3 atom stereocenters. The minimum atomic E-state index is -0.401. The molecule has 0 bridgehead atoms. The van der Waals surface area contributed by atoms with E-state index < -0.39 is 5.92 Å². The zero-order chi connectivity index (χ0) is 25.5. The number of nitrogens with one attached hydrogen (secondary N) is 2. The molecule has 0 radical (unpaired) electrons. The Morgan fingerprint density at radius 2 is 1.75 bits per heavy atom. The van der Waals surface area contributed by atoms with Gasteiger partial charge in [-0.05, 0) is 61.2 Å². The van der Waals surface area contributed by atoms with Gasteiger partial charge in [0.2, 0.25) is 11.8 Å². The molecule has 1 unspecified atom stereocenters. The van der Waals surface area contributed by atoms with Crippen molar-refractivity contribution < 1.29 is 28.2 Å². The fraction of sp³-hybridized carbons (Fsp3) is 0.481. The van der Waals surface area contributed by atoms with Gasteiger partial charge in [-0.3, -0.25) is 14.5 Å². The molecule has 2 saturated heterocycles. The van der Waals surface area contributed by atoms with Crippen LogP contribution in [-0.2, 0) is 20.9 Å². The monoisotopic (exact) mass is 499 g/mol. The summed E-state index contributed by atoms with van der Waals surface area (Å²) in [6, 6.07) is 11.4. The van der Waals surface area contributed by atoms with Crippen LogP contribution in [0.4, 0.5) is 10.1 Å². The van der Waals surface area contributed by atoms with Crippen molar-refractivity contribution in [2.24, 2.45) is 11.8 Å². The molecule has 2 aliphatic heterocycles. The molecule has 36 heavy (non-hydrogen) atoms. The maximum absolute atomic E-state index is 13.3. The first-order valence-corrected chi connectivity index (χ1v) is 12.3. The van der Waals surface area contributed by atoms with Crippen molar-refractivity contribution in [3.8, 4) is 11.5 Å². The lowest BCUT2D eigenvalue weighted by atomic mass is 9.87. The molecule has 8 nitrogen and oxygen atoms in total. The van der Waals surface area contributed by atoms with Crippen LogP contribution < -0.4 is 20.1 Å². The van der Waals surface area contributed by atoms with Crippen LogP contribution in [0.5, 0.6) is 11.5 Å². The Morgan fingerprint density at radius 1 is 1.03 bits per heavy atom. The molecule has 0 aromatic heterocycles. The number of amides is 2. The maximum atomic E-state index is 13.3. The van der Waals surface area contributed by atoms with Gasteiger partial charge in [-0.25, -0.2) is 4.39 Å². The summed E-state index contributed by atoms with van der Waals surface area (Å²) in [5, 5.41) is 5.90. The number of carbonyl (C=O) groups is 2. The first-order valence-electron chi connectivity index (χ1n) is 12.3. The average Bonchev–Trinajstić information content (AvgIpc) is 3.42. The van der Waals surface area contributed by atoms with Crippen LogP contribution in [0.1, 0.15) is 24.8 Å². The molecule has 9 heteroatoms. The summed E-state index contributed by atoms with van der Waals surface area (Å²) in [6.07, 6.45) is 2.44. The Morgan fingerprint density at radius 3 is 2.42 bits per heavy atom. The van der Waals surface area contributed by atoms with Crippen LogP contribution in [0.2, 0.25) is 0 Å². The highest BCUT2D eigenvalue weighted by molar-refractivity contribution is 5.93. The number of hydrogen-bond acceptors (Lipinski definition) is 6. The second kappa shape index (κ2) is 12.2. The molecule has 2 aromatic carbocycles. The molecule has 4 rings (SSSR count). The van der Waals surface area contributed by atoms with Crippen LogP contribution in [0.25, 0.3) is 0 Å². The Kier molecular flexibility index (Phi) is 8.77. The summed E-state index contributed by atoms with van der Waals surface area (Å²) in [7, 11) is 3.18. The minimum absolute atomic E-state index is 0.0537. The normalized spacial score (nSPS) is 22.1. The van der Waals surface area contributed by atoms with Gasteiger partial charge in [0.25, 0.3) is 0 Å². The number of benzene rings is 2. The van der Waals surface area contributed by atoms with Crippen LogP contribution in [0.3, 0.4) is 0 Å². The first kappa shape index (κ1) is 25.9. The number of anilines is 1. The van der Waals surface area contributed by atoms with E-state index >= 15 is 0 Å². The van der Waals surface area contributed by atoms with Crippen LogP contribution >= 0.6 is 0 Å². The molecular weight excluding hydrogens is 465 g/mol. The Labute approximate surface area is 211 Å². The molecule has 2 heterocycles. The second-order valence-electron chi connectivity index (χ2n) is 9.39. The summed E-state index contributed by atoms with van der Waals surface area (Å²) in [5.41, 5.74) is 1.52. The van der Waals surface area contributed by atoms with Gasteiger partial charge in [0.1, 0.15) is 5.82 Å². The zero-order valence-electron chi connectivity index (χ0n) is 20.8. The van der Waals surface area contributed by atoms with E-state index in [2.05, 4.69) is 15.5 Å². The largest absolute Gasteiger partial charge is 0.493 e. The van der Waals surface area contributed by atoms with Crippen LogP contribution in [0, 0.1) is 17.7 Å². The molecule has 0 spiro atoms. The number of ether oxygens (including phenoxy) is 3. The minimum Gasteiger partial charge on any atom is -0.493 e. The molecule has 2 fully saturated rings. The van der Waals surface area contributed by atoms with Crippen molar-refractivity contribution in [1.82, 2.24) is 10.2 Å².